The molecule has 114 valence electrons. The van der Waals surface area contributed by atoms with E-state index in [0.717, 1.165) is 12.8 Å². The van der Waals surface area contributed by atoms with Gasteiger partial charge in [0.1, 0.15) is 6.04 Å². The molecule has 3 N–H and O–H groups in total. The van der Waals surface area contributed by atoms with Gasteiger partial charge < -0.3 is 15.7 Å². The summed E-state index contributed by atoms with van der Waals surface area (Å²) in [5, 5.41) is 14.1. The van der Waals surface area contributed by atoms with Crippen LogP contribution in [0.2, 0.25) is 0 Å². The van der Waals surface area contributed by atoms with Gasteiger partial charge in [-0.2, -0.15) is 0 Å². The number of nitrogens with one attached hydrogen (secondary N) is 2. The number of carbonyl (C=O) groups is 3. The Labute approximate surface area is 122 Å². The summed E-state index contributed by atoms with van der Waals surface area (Å²) in [6.45, 7) is 4.12. The van der Waals surface area contributed by atoms with Crippen LogP contribution in [0.3, 0.4) is 0 Å². The first-order valence-electron chi connectivity index (χ1n) is 6.68. The predicted octanol–water partition coefficient (Wildman–Crippen LogP) is 0.460. The van der Waals surface area contributed by atoms with Gasteiger partial charge in [0.15, 0.2) is 0 Å². The van der Waals surface area contributed by atoms with E-state index in [2.05, 4.69) is 10.6 Å². The number of carboxylic acids is 1. The minimum Gasteiger partial charge on any atom is -0.480 e. The number of hydrogen-bond acceptors (Lipinski definition) is 4. The van der Waals surface area contributed by atoms with Crippen LogP contribution < -0.4 is 10.6 Å². The number of likely N-dealkylation sites (N-methyl/N-ethyl adjacent to an activating group) is 1. The van der Waals surface area contributed by atoms with Gasteiger partial charge in [0.25, 0.3) is 0 Å². The molecular formula is C12H21N3O4S. The highest BCUT2D eigenvalue weighted by atomic mass is 32.2. The van der Waals surface area contributed by atoms with Gasteiger partial charge in [0, 0.05) is 12.3 Å². The van der Waals surface area contributed by atoms with Gasteiger partial charge in [-0.15, -0.1) is 11.8 Å². The number of urea groups is 1. The maximum atomic E-state index is 12.1. The Morgan fingerprint density at radius 1 is 1.30 bits per heavy atom. The molecule has 20 heavy (non-hydrogen) atoms. The predicted molar refractivity (Wildman–Crippen MR) is 76.5 cm³/mol. The van der Waals surface area contributed by atoms with Crippen LogP contribution in [0, 0.1) is 0 Å². The second-order valence-corrected chi connectivity index (χ2v) is 5.66. The minimum atomic E-state index is -1.01. The second-order valence-electron chi connectivity index (χ2n) is 4.45. The van der Waals surface area contributed by atoms with Crippen molar-refractivity contribution >= 4 is 29.7 Å². The number of hydrogen-bond donors (Lipinski definition) is 3. The molecule has 2 unspecified atom stereocenters. The van der Waals surface area contributed by atoms with Crippen molar-refractivity contribution in [2.75, 3.05) is 18.8 Å². The van der Waals surface area contributed by atoms with Crippen molar-refractivity contribution in [3.05, 3.63) is 0 Å². The van der Waals surface area contributed by atoms with Crippen LogP contribution in [0.15, 0.2) is 0 Å². The van der Waals surface area contributed by atoms with E-state index in [1.54, 1.807) is 6.92 Å². The molecule has 1 aliphatic heterocycles. The Balaban J connectivity index is 2.64. The molecular weight excluding hydrogens is 282 g/mol. The fourth-order valence-electron chi connectivity index (χ4n) is 2.00. The largest absolute Gasteiger partial charge is 0.480 e. The molecule has 8 heteroatoms. The van der Waals surface area contributed by atoms with Crippen LogP contribution in [-0.2, 0) is 9.59 Å². The van der Waals surface area contributed by atoms with Gasteiger partial charge in [0.05, 0.1) is 11.9 Å². The Morgan fingerprint density at radius 2 is 2.00 bits per heavy atom. The Morgan fingerprint density at radius 3 is 2.55 bits per heavy atom. The zero-order valence-corrected chi connectivity index (χ0v) is 12.5. The molecule has 1 rings (SSSR count). The lowest BCUT2D eigenvalue weighted by Crippen LogP contribution is -2.51. The van der Waals surface area contributed by atoms with Crippen molar-refractivity contribution in [1.29, 1.82) is 0 Å². The summed E-state index contributed by atoms with van der Waals surface area (Å²) in [4.78, 5) is 36.0. The molecule has 1 fully saturated rings. The van der Waals surface area contributed by atoms with Crippen LogP contribution in [0.5, 0.6) is 0 Å². The van der Waals surface area contributed by atoms with E-state index in [9.17, 15) is 14.4 Å². The zero-order valence-electron chi connectivity index (χ0n) is 11.7. The summed E-state index contributed by atoms with van der Waals surface area (Å²) in [6.07, 6.45) is 1.60. The Hall–Kier alpha value is -1.44. The standard InChI is InChI=1S/C12H21N3O4S/c1-3-5-10-15(8(7-20-10)11(17)18)12(19)14-6-9(16)13-4-2/h8,10H,3-7H2,1-2H3,(H,13,16)(H,14,19)(H,17,18). The second kappa shape index (κ2) is 7.98. The van der Waals surface area contributed by atoms with Crippen LogP contribution in [0.25, 0.3) is 0 Å². The van der Waals surface area contributed by atoms with E-state index in [1.807, 2.05) is 6.92 Å². The molecule has 1 saturated heterocycles. The molecule has 1 heterocycles. The highest BCUT2D eigenvalue weighted by Gasteiger charge is 2.41. The van der Waals surface area contributed by atoms with Crippen molar-refractivity contribution in [3.63, 3.8) is 0 Å². The summed E-state index contributed by atoms with van der Waals surface area (Å²) in [5.41, 5.74) is 0. The first-order valence-corrected chi connectivity index (χ1v) is 7.73. The molecule has 0 spiro atoms. The maximum Gasteiger partial charge on any atom is 0.327 e. The van der Waals surface area contributed by atoms with E-state index in [-0.39, 0.29) is 17.8 Å². The average Bonchev–Trinajstić information content (AvgIpc) is 2.81. The smallest absolute Gasteiger partial charge is 0.327 e. The number of carboxylic acid groups (broad SMARTS) is 1. The van der Waals surface area contributed by atoms with Crippen LogP contribution in [0.4, 0.5) is 4.79 Å². The normalized spacial score (nSPS) is 21.6. The van der Waals surface area contributed by atoms with Gasteiger partial charge in [-0.1, -0.05) is 13.3 Å². The van der Waals surface area contributed by atoms with Crippen molar-refractivity contribution < 1.29 is 19.5 Å². The van der Waals surface area contributed by atoms with Gasteiger partial charge >= 0.3 is 12.0 Å². The van der Waals surface area contributed by atoms with Crippen molar-refractivity contribution in [3.8, 4) is 0 Å². The third-order valence-electron chi connectivity index (χ3n) is 2.92. The molecule has 0 bridgehead atoms. The molecule has 0 aliphatic carbocycles. The zero-order chi connectivity index (χ0) is 15.1. The molecule has 3 amide bonds. The third-order valence-corrected chi connectivity index (χ3v) is 4.28. The average molecular weight is 303 g/mol. The summed E-state index contributed by atoms with van der Waals surface area (Å²) in [7, 11) is 0. The van der Waals surface area contributed by atoms with E-state index < -0.39 is 18.0 Å². The summed E-state index contributed by atoms with van der Waals surface area (Å²) < 4.78 is 0. The number of aliphatic carboxylic acids is 1. The molecule has 0 aromatic heterocycles. The van der Waals surface area contributed by atoms with E-state index in [0.29, 0.717) is 12.3 Å². The quantitative estimate of drug-likeness (QED) is 0.662. The minimum absolute atomic E-state index is 0.140. The monoisotopic (exact) mass is 303 g/mol. The van der Waals surface area contributed by atoms with Crippen LogP contribution in [-0.4, -0.2) is 58.2 Å². The summed E-state index contributed by atoms with van der Waals surface area (Å²) >= 11 is 1.47. The van der Waals surface area contributed by atoms with Gasteiger partial charge in [-0.05, 0) is 13.3 Å². The summed E-state index contributed by atoms with van der Waals surface area (Å²) in [5.74, 6) is -0.912. The molecule has 0 saturated carbocycles. The first-order chi connectivity index (χ1) is 9.51. The van der Waals surface area contributed by atoms with Gasteiger partial charge in [0.2, 0.25) is 5.91 Å². The van der Waals surface area contributed by atoms with E-state index in [4.69, 9.17) is 5.11 Å². The van der Waals surface area contributed by atoms with E-state index in [1.165, 1.54) is 16.7 Å². The Kier molecular flexibility index (Phi) is 6.63. The molecule has 0 aromatic rings. The number of thioether (sulfide) groups is 1. The highest BCUT2D eigenvalue weighted by molar-refractivity contribution is 8.00. The fraction of sp³-hybridized carbons (Fsp3) is 0.750. The van der Waals surface area contributed by atoms with Gasteiger partial charge in [-0.25, -0.2) is 9.59 Å². The number of rotatable bonds is 6. The Bertz CT molecular complexity index is 378. The van der Waals surface area contributed by atoms with Crippen LogP contribution >= 0.6 is 11.8 Å². The molecule has 0 radical (unpaired) electrons. The number of amides is 3. The maximum absolute atomic E-state index is 12.1. The molecule has 0 aromatic carbocycles. The number of carbonyl (C=O) groups excluding carboxylic acids is 2. The SMILES string of the molecule is CCCC1SCC(C(=O)O)N1C(=O)NCC(=O)NCC. The van der Waals surface area contributed by atoms with E-state index >= 15 is 0 Å². The lowest BCUT2D eigenvalue weighted by atomic mass is 10.2. The molecule has 7 nitrogen and oxygen atoms in total. The molecule has 2 atom stereocenters. The topological polar surface area (TPSA) is 98.7 Å². The number of nitrogens with zero attached hydrogens (tertiary/aromatic N) is 1. The van der Waals surface area contributed by atoms with Gasteiger partial charge in [-0.3, -0.25) is 9.69 Å². The lowest BCUT2D eigenvalue weighted by Gasteiger charge is -2.27. The summed E-state index contributed by atoms with van der Waals surface area (Å²) in [6, 6.07) is -1.32. The van der Waals surface area contributed by atoms with Crippen molar-refractivity contribution in [2.24, 2.45) is 0 Å². The van der Waals surface area contributed by atoms with Crippen molar-refractivity contribution in [2.45, 2.75) is 38.1 Å². The van der Waals surface area contributed by atoms with Crippen LogP contribution in [0.1, 0.15) is 26.7 Å². The fourth-order valence-corrected chi connectivity index (χ4v) is 3.52. The highest BCUT2D eigenvalue weighted by Crippen LogP contribution is 2.32. The third kappa shape index (κ3) is 4.29. The lowest BCUT2D eigenvalue weighted by molar-refractivity contribution is -0.141. The van der Waals surface area contributed by atoms with Crippen molar-refractivity contribution in [1.82, 2.24) is 15.5 Å². The molecule has 1 aliphatic rings. The first kappa shape index (κ1) is 16.6.